The molecule has 0 aromatic heterocycles. The first-order valence-corrected chi connectivity index (χ1v) is 9.28. The number of rotatable bonds is 2. The van der Waals surface area contributed by atoms with Crippen molar-refractivity contribution >= 4 is 21.4 Å². The number of halogens is 1. The van der Waals surface area contributed by atoms with Gasteiger partial charge < -0.3 is 4.74 Å². The minimum Gasteiger partial charge on any atom is -0.490 e. The standard InChI is InChI=1S/C15H19ClO3S/c1-10-8-12-9-11(5-6-13(12)19-10)15(16)14-4-2-3-7-20(14,17)18/h5-6,9-10,14-15H,2-4,7-8H2,1H3. The zero-order valence-electron chi connectivity index (χ0n) is 11.5. The van der Waals surface area contributed by atoms with Crippen molar-refractivity contribution in [2.24, 2.45) is 0 Å². The van der Waals surface area contributed by atoms with E-state index in [0.29, 0.717) is 6.42 Å². The van der Waals surface area contributed by atoms with Gasteiger partial charge in [0.25, 0.3) is 0 Å². The second kappa shape index (κ2) is 5.23. The van der Waals surface area contributed by atoms with Crippen LogP contribution in [0.4, 0.5) is 0 Å². The summed E-state index contributed by atoms with van der Waals surface area (Å²) in [4.78, 5) is 0. The Balaban J connectivity index is 1.88. The predicted octanol–water partition coefficient (Wildman–Crippen LogP) is 3.26. The molecule has 3 nitrogen and oxygen atoms in total. The van der Waals surface area contributed by atoms with Gasteiger partial charge in [0.05, 0.1) is 16.4 Å². The Kier molecular flexibility index (Phi) is 3.71. The molecule has 0 amide bonds. The van der Waals surface area contributed by atoms with Crippen LogP contribution in [0.1, 0.15) is 42.7 Å². The van der Waals surface area contributed by atoms with E-state index in [9.17, 15) is 8.42 Å². The van der Waals surface area contributed by atoms with Gasteiger partial charge in [-0.15, -0.1) is 11.6 Å². The zero-order valence-corrected chi connectivity index (χ0v) is 13.1. The summed E-state index contributed by atoms with van der Waals surface area (Å²) in [5.74, 6) is 1.17. The molecule has 0 radical (unpaired) electrons. The van der Waals surface area contributed by atoms with Crippen molar-refractivity contribution in [2.45, 2.75) is 49.3 Å². The quantitative estimate of drug-likeness (QED) is 0.787. The molecule has 3 unspecified atom stereocenters. The molecule has 0 spiro atoms. The maximum atomic E-state index is 12.2. The molecule has 2 heterocycles. The molecular weight excluding hydrogens is 296 g/mol. The first kappa shape index (κ1) is 14.2. The van der Waals surface area contributed by atoms with Crippen LogP contribution in [0, 0.1) is 0 Å². The van der Waals surface area contributed by atoms with E-state index in [1.165, 1.54) is 0 Å². The number of benzene rings is 1. The third-order valence-electron chi connectivity index (χ3n) is 4.19. The first-order chi connectivity index (χ1) is 9.47. The van der Waals surface area contributed by atoms with Crippen LogP contribution in [0.5, 0.6) is 5.75 Å². The second-order valence-corrected chi connectivity index (χ2v) is 8.61. The lowest BCUT2D eigenvalue weighted by Crippen LogP contribution is -2.31. The highest BCUT2D eigenvalue weighted by Gasteiger charge is 2.35. The fraction of sp³-hybridized carbons (Fsp3) is 0.600. The molecule has 20 heavy (non-hydrogen) atoms. The molecule has 2 aliphatic rings. The van der Waals surface area contributed by atoms with Crippen molar-refractivity contribution in [2.75, 3.05) is 5.75 Å². The Morgan fingerprint density at radius 2 is 2.15 bits per heavy atom. The Bertz CT molecular complexity index is 612. The van der Waals surface area contributed by atoms with E-state index in [2.05, 4.69) is 0 Å². The number of ether oxygens (including phenoxy) is 1. The molecule has 5 heteroatoms. The number of alkyl halides is 1. The summed E-state index contributed by atoms with van der Waals surface area (Å²) in [6.45, 7) is 2.03. The fourth-order valence-corrected chi connectivity index (χ4v) is 5.82. The second-order valence-electron chi connectivity index (χ2n) is 5.80. The van der Waals surface area contributed by atoms with E-state index in [-0.39, 0.29) is 11.9 Å². The summed E-state index contributed by atoms with van der Waals surface area (Å²) in [5.41, 5.74) is 2.03. The van der Waals surface area contributed by atoms with Gasteiger partial charge in [0.15, 0.2) is 9.84 Å². The van der Waals surface area contributed by atoms with E-state index < -0.39 is 20.5 Å². The van der Waals surface area contributed by atoms with Crippen LogP contribution in [-0.4, -0.2) is 25.5 Å². The van der Waals surface area contributed by atoms with Crippen LogP contribution < -0.4 is 4.74 Å². The summed E-state index contributed by atoms with van der Waals surface area (Å²) in [6, 6.07) is 5.83. The van der Waals surface area contributed by atoms with Gasteiger partial charge in [-0.3, -0.25) is 0 Å². The third kappa shape index (κ3) is 2.56. The minimum atomic E-state index is -3.06. The lowest BCUT2D eigenvalue weighted by molar-refractivity contribution is 0.254. The molecule has 3 rings (SSSR count). The van der Waals surface area contributed by atoms with Crippen LogP contribution in [0.2, 0.25) is 0 Å². The Hall–Kier alpha value is -0.740. The molecule has 0 aliphatic carbocycles. The average Bonchev–Trinajstić information content (AvgIpc) is 2.76. The van der Waals surface area contributed by atoms with Crippen molar-refractivity contribution < 1.29 is 13.2 Å². The minimum absolute atomic E-state index is 0.187. The van der Waals surface area contributed by atoms with Gasteiger partial charge >= 0.3 is 0 Å². The molecule has 1 aromatic rings. The molecule has 0 saturated carbocycles. The summed E-state index contributed by atoms with van der Waals surface area (Å²) < 4.78 is 30.0. The number of hydrogen-bond donors (Lipinski definition) is 0. The van der Waals surface area contributed by atoms with E-state index in [4.69, 9.17) is 16.3 Å². The molecule has 1 aromatic carbocycles. The van der Waals surface area contributed by atoms with Gasteiger partial charge in [-0.05, 0) is 37.0 Å². The van der Waals surface area contributed by atoms with Crippen LogP contribution >= 0.6 is 11.6 Å². The van der Waals surface area contributed by atoms with Crippen molar-refractivity contribution in [1.82, 2.24) is 0 Å². The van der Waals surface area contributed by atoms with Crippen LogP contribution in [0.3, 0.4) is 0 Å². The van der Waals surface area contributed by atoms with Gasteiger partial charge in [-0.2, -0.15) is 0 Å². The maximum absolute atomic E-state index is 12.2. The van der Waals surface area contributed by atoms with Crippen LogP contribution in [0.15, 0.2) is 18.2 Å². The largest absolute Gasteiger partial charge is 0.490 e. The maximum Gasteiger partial charge on any atom is 0.154 e. The lowest BCUT2D eigenvalue weighted by Gasteiger charge is -2.26. The zero-order chi connectivity index (χ0) is 14.3. The summed E-state index contributed by atoms with van der Waals surface area (Å²) in [7, 11) is -3.06. The van der Waals surface area contributed by atoms with Crippen molar-refractivity contribution in [1.29, 1.82) is 0 Å². The first-order valence-electron chi connectivity index (χ1n) is 7.12. The van der Waals surface area contributed by atoms with Crippen molar-refractivity contribution in [3.8, 4) is 5.75 Å². The van der Waals surface area contributed by atoms with E-state index >= 15 is 0 Å². The molecular formula is C15H19ClO3S. The van der Waals surface area contributed by atoms with Gasteiger partial charge in [0.1, 0.15) is 11.9 Å². The SMILES string of the molecule is CC1Cc2cc(C(Cl)C3CCCCS3(=O)=O)ccc2O1. The molecule has 3 atom stereocenters. The molecule has 1 fully saturated rings. The van der Waals surface area contributed by atoms with E-state index in [1.807, 2.05) is 25.1 Å². The average molecular weight is 315 g/mol. The molecule has 0 bridgehead atoms. The molecule has 0 N–H and O–H groups in total. The van der Waals surface area contributed by atoms with Gasteiger partial charge in [-0.25, -0.2) is 8.42 Å². The Morgan fingerprint density at radius 1 is 1.35 bits per heavy atom. The Morgan fingerprint density at radius 3 is 2.90 bits per heavy atom. The van der Waals surface area contributed by atoms with Crippen molar-refractivity contribution in [3.05, 3.63) is 29.3 Å². The molecule has 2 aliphatic heterocycles. The lowest BCUT2D eigenvalue weighted by atomic mass is 10.0. The van der Waals surface area contributed by atoms with Crippen LogP contribution in [0.25, 0.3) is 0 Å². The van der Waals surface area contributed by atoms with Gasteiger partial charge in [0.2, 0.25) is 0 Å². The smallest absolute Gasteiger partial charge is 0.154 e. The van der Waals surface area contributed by atoms with Gasteiger partial charge in [-0.1, -0.05) is 18.6 Å². The van der Waals surface area contributed by atoms with Crippen molar-refractivity contribution in [3.63, 3.8) is 0 Å². The summed E-state index contributed by atoms with van der Waals surface area (Å²) >= 11 is 6.49. The highest BCUT2D eigenvalue weighted by Crippen LogP contribution is 2.38. The topological polar surface area (TPSA) is 43.4 Å². The van der Waals surface area contributed by atoms with Gasteiger partial charge in [0, 0.05) is 6.42 Å². The summed E-state index contributed by atoms with van der Waals surface area (Å²) in [6.07, 6.45) is 3.42. The van der Waals surface area contributed by atoms with Crippen LogP contribution in [-0.2, 0) is 16.3 Å². The normalized spacial score (nSPS) is 29.5. The summed E-state index contributed by atoms with van der Waals surface area (Å²) in [5, 5.41) is -0.905. The molecule has 1 saturated heterocycles. The predicted molar refractivity (Wildman–Crippen MR) is 80.3 cm³/mol. The van der Waals surface area contributed by atoms with E-state index in [0.717, 1.165) is 36.1 Å². The highest BCUT2D eigenvalue weighted by molar-refractivity contribution is 7.92. The van der Waals surface area contributed by atoms with E-state index in [1.54, 1.807) is 0 Å². The third-order valence-corrected chi connectivity index (χ3v) is 7.19. The number of fused-ring (bicyclic) bond motifs is 1. The monoisotopic (exact) mass is 314 g/mol. The Labute approximate surface area is 125 Å². The fourth-order valence-electron chi connectivity index (χ4n) is 3.14. The highest BCUT2D eigenvalue weighted by atomic mass is 35.5. The molecule has 110 valence electrons. The number of hydrogen-bond acceptors (Lipinski definition) is 3. The number of sulfone groups is 1.